The number of pyridine rings is 1. The van der Waals surface area contributed by atoms with Gasteiger partial charge in [-0.25, -0.2) is 13.4 Å². The number of hydrogen-bond donors (Lipinski definition) is 1. The summed E-state index contributed by atoms with van der Waals surface area (Å²) in [6.07, 6.45) is 1.65. The van der Waals surface area contributed by atoms with Crippen molar-refractivity contribution >= 4 is 27.4 Å². The third-order valence-electron chi connectivity index (χ3n) is 5.60. The molecule has 0 bridgehead atoms. The Labute approximate surface area is 204 Å². The predicted octanol–water partition coefficient (Wildman–Crippen LogP) is 3.12. The van der Waals surface area contributed by atoms with E-state index in [0.717, 1.165) is 0 Å². The zero-order valence-electron chi connectivity index (χ0n) is 19.2. The van der Waals surface area contributed by atoms with E-state index in [0.29, 0.717) is 61.2 Å². The van der Waals surface area contributed by atoms with Gasteiger partial charge in [-0.15, -0.1) is 0 Å². The first-order chi connectivity index (χ1) is 16.9. The molecular formula is C25H25N5O4S. The molecule has 1 saturated heterocycles. The molecule has 4 rings (SSSR count). The molecule has 0 saturated carbocycles. The van der Waals surface area contributed by atoms with E-state index in [2.05, 4.69) is 15.8 Å². The minimum absolute atomic E-state index is 0.117. The summed E-state index contributed by atoms with van der Waals surface area (Å²) in [7, 11) is -3.77. The Morgan fingerprint density at radius 2 is 1.74 bits per heavy atom. The molecule has 0 atom stereocenters. The summed E-state index contributed by atoms with van der Waals surface area (Å²) in [5.41, 5.74) is 1.34. The van der Waals surface area contributed by atoms with Crippen molar-refractivity contribution in [3.63, 3.8) is 0 Å². The van der Waals surface area contributed by atoms with Crippen LogP contribution in [-0.2, 0) is 10.0 Å². The summed E-state index contributed by atoms with van der Waals surface area (Å²) < 4.78 is 33.2. The van der Waals surface area contributed by atoms with E-state index in [1.807, 2.05) is 11.8 Å². The van der Waals surface area contributed by atoms with Gasteiger partial charge in [0, 0.05) is 43.6 Å². The SMILES string of the molecule is CCOc1ccc(S(=O)(=O)Nc2ccc(C(=O)N3CCN(c4ncccc4C#N)CC3)cc2)cc1. The maximum absolute atomic E-state index is 13.0. The second kappa shape index (κ2) is 10.4. The largest absolute Gasteiger partial charge is 0.494 e. The first-order valence-corrected chi connectivity index (χ1v) is 12.6. The lowest BCUT2D eigenvalue weighted by atomic mass is 10.1. The minimum Gasteiger partial charge on any atom is -0.494 e. The summed E-state index contributed by atoms with van der Waals surface area (Å²) >= 11 is 0. The number of ether oxygens (including phenoxy) is 1. The molecule has 1 fully saturated rings. The standard InChI is InChI=1S/C25H25N5O4S/c1-2-34-22-9-11-23(12-10-22)35(32,33)28-21-7-5-19(6-8-21)25(31)30-16-14-29(15-17-30)24-20(18-26)4-3-13-27-24/h3-13,28H,2,14-17H2,1H3. The average Bonchev–Trinajstić information content (AvgIpc) is 2.89. The Hall–Kier alpha value is -4.10. The molecule has 35 heavy (non-hydrogen) atoms. The number of nitriles is 1. The molecule has 1 aliphatic heterocycles. The van der Waals surface area contributed by atoms with Crippen LogP contribution in [0.1, 0.15) is 22.8 Å². The topological polar surface area (TPSA) is 116 Å². The van der Waals surface area contributed by atoms with Crippen molar-refractivity contribution < 1.29 is 17.9 Å². The molecule has 1 aromatic heterocycles. The molecular weight excluding hydrogens is 466 g/mol. The monoisotopic (exact) mass is 491 g/mol. The molecule has 9 nitrogen and oxygen atoms in total. The van der Waals surface area contributed by atoms with Gasteiger partial charge in [-0.2, -0.15) is 5.26 Å². The van der Waals surface area contributed by atoms with Gasteiger partial charge in [0.25, 0.3) is 15.9 Å². The van der Waals surface area contributed by atoms with E-state index in [-0.39, 0.29) is 10.8 Å². The van der Waals surface area contributed by atoms with Gasteiger partial charge >= 0.3 is 0 Å². The zero-order chi connectivity index (χ0) is 24.8. The van der Waals surface area contributed by atoms with Crippen LogP contribution in [0, 0.1) is 11.3 Å². The molecule has 2 aromatic carbocycles. The summed E-state index contributed by atoms with van der Waals surface area (Å²) in [6, 6.07) is 18.1. The van der Waals surface area contributed by atoms with E-state index in [1.165, 1.54) is 12.1 Å². The van der Waals surface area contributed by atoms with Crippen molar-refractivity contribution in [2.45, 2.75) is 11.8 Å². The number of sulfonamides is 1. The highest BCUT2D eigenvalue weighted by Gasteiger charge is 2.24. The fourth-order valence-electron chi connectivity index (χ4n) is 3.82. The van der Waals surface area contributed by atoms with E-state index >= 15 is 0 Å². The van der Waals surface area contributed by atoms with Crippen molar-refractivity contribution in [2.24, 2.45) is 0 Å². The Bertz CT molecular complexity index is 1330. The van der Waals surface area contributed by atoms with Gasteiger partial charge in [0.2, 0.25) is 0 Å². The smallest absolute Gasteiger partial charge is 0.261 e. The number of carbonyl (C=O) groups excluding carboxylic acids is 1. The quantitative estimate of drug-likeness (QED) is 0.540. The molecule has 180 valence electrons. The van der Waals surface area contributed by atoms with Crippen molar-refractivity contribution in [1.29, 1.82) is 5.26 Å². The van der Waals surface area contributed by atoms with Crippen LogP contribution in [0.4, 0.5) is 11.5 Å². The number of hydrogen-bond acceptors (Lipinski definition) is 7. The first kappa shape index (κ1) is 24.0. The molecule has 1 aliphatic rings. The summed E-state index contributed by atoms with van der Waals surface area (Å²) in [6.45, 7) is 4.47. The molecule has 0 radical (unpaired) electrons. The highest BCUT2D eigenvalue weighted by atomic mass is 32.2. The second-order valence-corrected chi connectivity index (χ2v) is 9.54. The van der Waals surface area contributed by atoms with Crippen LogP contribution in [0.2, 0.25) is 0 Å². The number of aromatic nitrogens is 1. The van der Waals surface area contributed by atoms with Crippen molar-refractivity contribution in [2.75, 3.05) is 42.4 Å². The van der Waals surface area contributed by atoms with Crippen LogP contribution in [0.25, 0.3) is 0 Å². The van der Waals surface area contributed by atoms with E-state index in [1.54, 1.807) is 59.6 Å². The van der Waals surface area contributed by atoms with Crippen LogP contribution < -0.4 is 14.4 Å². The lowest BCUT2D eigenvalue weighted by molar-refractivity contribution is 0.0746. The lowest BCUT2D eigenvalue weighted by Gasteiger charge is -2.35. The second-order valence-electron chi connectivity index (χ2n) is 7.85. The van der Waals surface area contributed by atoms with Gasteiger partial charge in [-0.05, 0) is 67.6 Å². The maximum atomic E-state index is 13.0. The van der Waals surface area contributed by atoms with Gasteiger partial charge in [-0.1, -0.05) is 0 Å². The lowest BCUT2D eigenvalue weighted by Crippen LogP contribution is -2.49. The fraction of sp³-hybridized carbons (Fsp3) is 0.240. The molecule has 0 spiro atoms. The normalized spacial score (nSPS) is 13.7. The maximum Gasteiger partial charge on any atom is 0.261 e. The number of benzene rings is 2. The first-order valence-electron chi connectivity index (χ1n) is 11.2. The number of carbonyl (C=O) groups is 1. The van der Waals surface area contributed by atoms with Crippen molar-refractivity contribution in [3.8, 4) is 11.8 Å². The van der Waals surface area contributed by atoms with Crippen LogP contribution in [0.15, 0.2) is 71.8 Å². The number of amides is 1. The fourth-order valence-corrected chi connectivity index (χ4v) is 4.88. The highest BCUT2D eigenvalue weighted by Crippen LogP contribution is 2.22. The van der Waals surface area contributed by atoms with Crippen LogP contribution in [0.5, 0.6) is 5.75 Å². The molecule has 2 heterocycles. The number of rotatable bonds is 7. The van der Waals surface area contributed by atoms with Gasteiger partial charge in [0.15, 0.2) is 0 Å². The Morgan fingerprint density at radius 1 is 1.06 bits per heavy atom. The number of piperazine rings is 1. The summed E-state index contributed by atoms with van der Waals surface area (Å²) in [5, 5.41) is 9.30. The van der Waals surface area contributed by atoms with Crippen molar-refractivity contribution in [3.05, 3.63) is 78.0 Å². The van der Waals surface area contributed by atoms with Crippen LogP contribution >= 0.6 is 0 Å². The van der Waals surface area contributed by atoms with Crippen LogP contribution in [0.3, 0.4) is 0 Å². The summed E-state index contributed by atoms with van der Waals surface area (Å²) in [4.78, 5) is 21.1. The van der Waals surface area contributed by atoms with Gasteiger partial charge < -0.3 is 14.5 Å². The molecule has 1 amide bonds. The van der Waals surface area contributed by atoms with Gasteiger partial charge in [0.05, 0.1) is 17.1 Å². The molecule has 1 N–H and O–H groups in total. The third-order valence-corrected chi connectivity index (χ3v) is 7.00. The molecule has 10 heteroatoms. The van der Waals surface area contributed by atoms with E-state index < -0.39 is 10.0 Å². The van der Waals surface area contributed by atoms with Gasteiger partial charge in [0.1, 0.15) is 17.6 Å². The number of nitrogens with one attached hydrogen (secondary N) is 1. The zero-order valence-corrected chi connectivity index (χ0v) is 20.0. The summed E-state index contributed by atoms with van der Waals surface area (Å²) in [5.74, 6) is 1.10. The minimum atomic E-state index is -3.77. The molecule has 0 unspecified atom stereocenters. The predicted molar refractivity (Wildman–Crippen MR) is 132 cm³/mol. The van der Waals surface area contributed by atoms with E-state index in [4.69, 9.17) is 4.74 Å². The van der Waals surface area contributed by atoms with Crippen LogP contribution in [-0.4, -0.2) is 57.0 Å². The number of nitrogens with zero attached hydrogens (tertiary/aromatic N) is 4. The molecule has 3 aromatic rings. The van der Waals surface area contributed by atoms with E-state index in [9.17, 15) is 18.5 Å². The Kier molecular flexibility index (Phi) is 7.17. The third kappa shape index (κ3) is 5.53. The van der Waals surface area contributed by atoms with Crippen molar-refractivity contribution in [1.82, 2.24) is 9.88 Å². The number of anilines is 2. The van der Waals surface area contributed by atoms with Gasteiger partial charge in [-0.3, -0.25) is 9.52 Å². The Balaban J connectivity index is 1.37. The average molecular weight is 492 g/mol. The highest BCUT2D eigenvalue weighted by molar-refractivity contribution is 7.92. The molecule has 0 aliphatic carbocycles. The Morgan fingerprint density at radius 3 is 2.37 bits per heavy atom.